The number of anilines is 1. The average Bonchev–Trinajstić information content (AvgIpc) is 3.57. The van der Waals surface area contributed by atoms with Gasteiger partial charge in [-0.2, -0.15) is 0 Å². The van der Waals surface area contributed by atoms with Gasteiger partial charge < -0.3 is 19.5 Å². The fourth-order valence-electron chi connectivity index (χ4n) is 3.77. The molecule has 9 heteroatoms. The summed E-state index contributed by atoms with van der Waals surface area (Å²) in [5.74, 6) is 2.41. The highest BCUT2D eigenvalue weighted by molar-refractivity contribution is 7.13. The first-order valence-corrected chi connectivity index (χ1v) is 11.6. The Morgan fingerprint density at radius 2 is 2.00 bits per heavy atom. The summed E-state index contributed by atoms with van der Waals surface area (Å²) in [6, 6.07) is 13.7. The molecule has 0 aliphatic carbocycles. The molecule has 4 heterocycles. The molecule has 1 fully saturated rings. The van der Waals surface area contributed by atoms with Gasteiger partial charge >= 0.3 is 0 Å². The van der Waals surface area contributed by atoms with Gasteiger partial charge in [0.2, 0.25) is 5.91 Å². The van der Waals surface area contributed by atoms with E-state index in [1.54, 1.807) is 17.7 Å². The highest BCUT2D eigenvalue weighted by Gasteiger charge is 2.21. The van der Waals surface area contributed by atoms with E-state index in [4.69, 9.17) is 14.7 Å². The van der Waals surface area contributed by atoms with Crippen LogP contribution in [0, 0.1) is 0 Å². The lowest BCUT2D eigenvalue weighted by Crippen LogP contribution is -2.28. The van der Waals surface area contributed by atoms with E-state index in [2.05, 4.69) is 10.3 Å². The third-order valence-corrected chi connectivity index (χ3v) is 6.26. The lowest BCUT2D eigenvalue weighted by Gasteiger charge is -2.16. The van der Waals surface area contributed by atoms with Crippen molar-refractivity contribution < 1.29 is 9.53 Å². The van der Waals surface area contributed by atoms with Crippen LogP contribution in [0.1, 0.15) is 12.8 Å². The number of benzene rings is 1. The zero-order valence-corrected chi connectivity index (χ0v) is 18.4. The van der Waals surface area contributed by atoms with Crippen molar-refractivity contribution in [2.24, 2.45) is 0 Å². The zero-order chi connectivity index (χ0) is 21.8. The van der Waals surface area contributed by atoms with Crippen LogP contribution < -0.4 is 10.1 Å². The Morgan fingerprint density at radius 1 is 1.09 bits per heavy atom. The Balaban J connectivity index is 1.36. The van der Waals surface area contributed by atoms with E-state index in [-0.39, 0.29) is 5.91 Å². The summed E-state index contributed by atoms with van der Waals surface area (Å²) in [6.45, 7) is 3.23. The number of fused-ring (bicyclic) bond motifs is 1. The van der Waals surface area contributed by atoms with Crippen LogP contribution in [0.2, 0.25) is 0 Å². The number of carbonyl (C=O) groups excluding carboxylic acids is 1. The van der Waals surface area contributed by atoms with Crippen LogP contribution in [-0.2, 0) is 11.3 Å². The molecule has 0 spiro atoms. The molecular weight excluding hydrogens is 424 g/mol. The molecule has 3 aromatic heterocycles. The second-order valence-corrected chi connectivity index (χ2v) is 8.50. The summed E-state index contributed by atoms with van der Waals surface area (Å²) >= 11 is 1.60. The van der Waals surface area contributed by atoms with Gasteiger partial charge in [0.05, 0.1) is 17.7 Å². The van der Waals surface area contributed by atoms with Crippen molar-refractivity contribution in [1.29, 1.82) is 0 Å². The maximum Gasteiger partial charge on any atom is 0.222 e. The molecule has 164 valence electrons. The van der Waals surface area contributed by atoms with Crippen LogP contribution in [0.25, 0.3) is 21.9 Å². The number of para-hydroxylation sites is 1. The van der Waals surface area contributed by atoms with E-state index in [0.29, 0.717) is 44.3 Å². The monoisotopic (exact) mass is 448 g/mol. The lowest BCUT2D eigenvalue weighted by molar-refractivity contribution is -0.127. The average molecular weight is 449 g/mol. The molecule has 4 aromatic rings. The first kappa shape index (κ1) is 20.4. The molecule has 1 amide bonds. The van der Waals surface area contributed by atoms with E-state index >= 15 is 0 Å². The van der Waals surface area contributed by atoms with Gasteiger partial charge in [-0.3, -0.25) is 4.79 Å². The number of carbonyl (C=O) groups is 1. The number of rotatable bonds is 9. The normalized spacial score (nSPS) is 13.8. The van der Waals surface area contributed by atoms with Gasteiger partial charge in [-0.1, -0.05) is 24.3 Å². The minimum absolute atomic E-state index is 0.226. The number of hydrogen-bond donors (Lipinski definition) is 1. The van der Waals surface area contributed by atoms with E-state index in [9.17, 15) is 4.79 Å². The molecule has 0 radical (unpaired) electrons. The van der Waals surface area contributed by atoms with Crippen LogP contribution >= 0.6 is 11.3 Å². The van der Waals surface area contributed by atoms with Gasteiger partial charge in [-0.15, -0.1) is 11.3 Å². The predicted molar refractivity (Wildman–Crippen MR) is 125 cm³/mol. The fraction of sp³-hybridized carbons (Fsp3) is 0.304. The van der Waals surface area contributed by atoms with E-state index in [0.717, 1.165) is 34.8 Å². The summed E-state index contributed by atoms with van der Waals surface area (Å²) in [4.78, 5) is 29.0. The summed E-state index contributed by atoms with van der Waals surface area (Å²) < 4.78 is 7.79. The van der Waals surface area contributed by atoms with E-state index in [1.807, 2.05) is 57.3 Å². The molecular formula is C23H24N6O2S. The fourth-order valence-corrected chi connectivity index (χ4v) is 4.43. The number of ether oxygens (including phenoxy) is 1. The van der Waals surface area contributed by atoms with E-state index < -0.39 is 0 Å². The largest absolute Gasteiger partial charge is 0.492 e. The minimum Gasteiger partial charge on any atom is -0.492 e. The van der Waals surface area contributed by atoms with Gasteiger partial charge in [0.15, 0.2) is 17.3 Å². The number of nitrogens with one attached hydrogen (secondary N) is 1. The zero-order valence-electron chi connectivity index (χ0n) is 17.6. The molecule has 0 bridgehead atoms. The number of nitrogens with zero attached hydrogens (tertiary/aromatic N) is 5. The molecule has 0 unspecified atom stereocenters. The van der Waals surface area contributed by atoms with Crippen molar-refractivity contribution in [2.75, 3.05) is 31.6 Å². The van der Waals surface area contributed by atoms with Gasteiger partial charge in [-0.05, 0) is 30.0 Å². The van der Waals surface area contributed by atoms with Crippen molar-refractivity contribution in [3.8, 4) is 16.5 Å². The van der Waals surface area contributed by atoms with E-state index in [1.165, 1.54) is 0 Å². The Morgan fingerprint density at radius 3 is 2.78 bits per heavy atom. The number of thiophene rings is 1. The Kier molecular flexibility index (Phi) is 5.98. The first-order valence-electron chi connectivity index (χ1n) is 10.7. The molecule has 1 aliphatic heterocycles. The maximum absolute atomic E-state index is 12.0. The summed E-state index contributed by atoms with van der Waals surface area (Å²) in [6.07, 6.45) is 3.37. The molecule has 0 atom stereocenters. The standard InChI is InChI=1S/C23H24N6O2S/c30-19-9-4-11-28(19)12-13-29-16-25-20-22(24-10-14-31-17-6-2-1-3-7-17)26-21(27-23(20)29)18-8-5-15-32-18/h1-3,5-8,15-16H,4,9-14H2,(H,24,26,27). The van der Waals surface area contributed by atoms with Gasteiger partial charge in [-0.25, -0.2) is 15.0 Å². The molecule has 5 rings (SSSR count). The highest BCUT2D eigenvalue weighted by atomic mass is 32.1. The quantitative estimate of drug-likeness (QED) is 0.393. The van der Waals surface area contributed by atoms with Crippen molar-refractivity contribution in [1.82, 2.24) is 24.4 Å². The Labute approximate surface area is 189 Å². The highest BCUT2D eigenvalue weighted by Crippen LogP contribution is 2.27. The van der Waals surface area contributed by atoms with Crippen LogP contribution in [0.4, 0.5) is 5.82 Å². The summed E-state index contributed by atoms with van der Waals surface area (Å²) in [7, 11) is 0. The molecule has 1 saturated heterocycles. The maximum atomic E-state index is 12.0. The van der Waals surface area contributed by atoms with Crippen LogP contribution in [-0.4, -0.2) is 56.6 Å². The van der Waals surface area contributed by atoms with Gasteiger partial charge in [0, 0.05) is 26.1 Å². The molecule has 1 aromatic carbocycles. The Bertz CT molecular complexity index is 1190. The lowest BCUT2D eigenvalue weighted by atomic mass is 10.3. The molecule has 32 heavy (non-hydrogen) atoms. The van der Waals surface area contributed by atoms with Crippen molar-refractivity contribution in [2.45, 2.75) is 19.4 Å². The molecule has 1 aliphatic rings. The molecule has 8 nitrogen and oxygen atoms in total. The smallest absolute Gasteiger partial charge is 0.222 e. The third kappa shape index (κ3) is 4.43. The topological polar surface area (TPSA) is 85.2 Å². The van der Waals surface area contributed by atoms with Crippen molar-refractivity contribution in [3.63, 3.8) is 0 Å². The van der Waals surface area contributed by atoms with Crippen molar-refractivity contribution in [3.05, 3.63) is 54.2 Å². The van der Waals surface area contributed by atoms with Crippen LogP contribution in [0.15, 0.2) is 54.2 Å². The second kappa shape index (κ2) is 9.35. The summed E-state index contributed by atoms with van der Waals surface area (Å²) in [5.41, 5.74) is 1.49. The minimum atomic E-state index is 0.226. The number of hydrogen-bond acceptors (Lipinski definition) is 7. The predicted octanol–water partition coefficient (Wildman–Crippen LogP) is 3.67. The Hall–Kier alpha value is -3.46. The summed E-state index contributed by atoms with van der Waals surface area (Å²) in [5, 5.41) is 5.38. The third-order valence-electron chi connectivity index (χ3n) is 5.39. The first-order chi connectivity index (χ1) is 15.8. The number of likely N-dealkylation sites (tertiary alicyclic amines) is 1. The van der Waals surface area contributed by atoms with Crippen LogP contribution in [0.3, 0.4) is 0 Å². The van der Waals surface area contributed by atoms with Gasteiger partial charge in [0.25, 0.3) is 0 Å². The van der Waals surface area contributed by atoms with Gasteiger partial charge in [0.1, 0.15) is 17.9 Å². The van der Waals surface area contributed by atoms with Crippen molar-refractivity contribution >= 4 is 34.2 Å². The van der Waals surface area contributed by atoms with Crippen LogP contribution in [0.5, 0.6) is 5.75 Å². The SMILES string of the molecule is O=C1CCCN1CCn1cnc2c(NCCOc3ccccc3)nc(-c3cccs3)nc21. The second-order valence-electron chi connectivity index (χ2n) is 7.56. The molecule has 1 N–H and O–H groups in total. The number of aromatic nitrogens is 4. The molecule has 0 saturated carbocycles. The number of imidazole rings is 1. The number of amides is 1.